The molecule has 0 aliphatic carbocycles. The van der Waals surface area contributed by atoms with Gasteiger partial charge in [0.1, 0.15) is 5.82 Å². The minimum atomic E-state index is -5.21. The molecular weight excluding hydrogens is 390 g/mol. The van der Waals surface area contributed by atoms with Crippen LogP contribution in [0.4, 0.5) is 23.2 Å². The van der Waals surface area contributed by atoms with Gasteiger partial charge in [-0.15, -0.1) is 0 Å². The number of fused-ring (bicyclic) bond motifs is 1. The lowest BCUT2D eigenvalue weighted by Crippen LogP contribution is -2.50. The highest BCUT2D eigenvalue weighted by Gasteiger charge is 2.66. The first-order valence-corrected chi connectivity index (χ1v) is 8.61. The van der Waals surface area contributed by atoms with Gasteiger partial charge in [0.05, 0.1) is 18.4 Å². The maximum Gasteiger partial charge on any atom is 0.430 e. The Morgan fingerprint density at radius 3 is 2.48 bits per heavy atom. The van der Waals surface area contributed by atoms with E-state index in [1.807, 2.05) is 0 Å². The van der Waals surface area contributed by atoms with E-state index < -0.39 is 35.6 Å². The van der Waals surface area contributed by atoms with Crippen molar-refractivity contribution in [3.8, 4) is 11.1 Å². The molecule has 3 aromatic rings. The Kier molecular flexibility index (Phi) is 4.23. The highest BCUT2D eigenvalue weighted by Crippen LogP contribution is 2.49. The predicted molar refractivity (Wildman–Crippen MR) is 96.2 cm³/mol. The van der Waals surface area contributed by atoms with Gasteiger partial charge in [-0.3, -0.25) is 9.48 Å². The van der Waals surface area contributed by atoms with Crippen LogP contribution >= 0.6 is 0 Å². The Hall–Kier alpha value is -3.20. The van der Waals surface area contributed by atoms with Crippen LogP contribution in [0.15, 0.2) is 54.9 Å². The van der Waals surface area contributed by atoms with Crippen LogP contribution in [-0.2, 0) is 24.0 Å². The van der Waals surface area contributed by atoms with E-state index in [1.54, 1.807) is 30.2 Å². The maximum atomic E-state index is 14.7. The van der Waals surface area contributed by atoms with Crippen molar-refractivity contribution in [3.63, 3.8) is 0 Å². The molecule has 0 saturated heterocycles. The fourth-order valence-corrected chi connectivity index (χ4v) is 3.46. The summed E-state index contributed by atoms with van der Waals surface area (Å²) in [7, 11) is 1.71. The summed E-state index contributed by atoms with van der Waals surface area (Å²) in [4.78, 5) is 13.3. The zero-order chi connectivity index (χ0) is 21.0. The van der Waals surface area contributed by atoms with Crippen LogP contribution < -0.4 is 4.90 Å². The summed E-state index contributed by atoms with van der Waals surface area (Å²) >= 11 is 0. The van der Waals surface area contributed by atoms with Crippen LogP contribution in [0.5, 0.6) is 0 Å². The van der Waals surface area contributed by atoms with Crippen molar-refractivity contribution in [2.24, 2.45) is 7.05 Å². The van der Waals surface area contributed by atoms with Crippen molar-refractivity contribution in [1.82, 2.24) is 9.78 Å². The third-order valence-corrected chi connectivity index (χ3v) is 4.97. The molecule has 0 radical (unpaired) electrons. The Morgan fingerprint density at radius 1 is 1.14 bits per heavy atom. The summed E-state index contributed by atoms with van der Waals surface area (Å²) < 4.78 is 56.8. The lowest BCUT2D eigenvalue weighted by atomic mass is 9.95. The molecule has 150 valence electrons. The molecule has 0 spiro atoms. The number of aromatic nitrogens is 2. The van der Waals surface area contributed by atoms with Gasteiger partial charge in [0.25, 0.3) is 11.5 Å². The van der Waals surface area contributed by atoms with E-state index >= 15 is 0 Å². The van der Waals surface area contributed by atoms with Gasteiger partial charge in [-0.25, -0.2) is 4.39 Å². The van der Waals surface area contributed by atoms with E-state index in [-0.39, 0.29) is 11.3 Å². The van der Waals surface area contributed by atoms with E-state index in [4.69, 9.17) is 0 Å². The van der Waals surface area contributed by atoms with E-state index in [1.165, 1.54) is 30.3 Å². The average Bonchev–Trinajstić information content (AvgIpc) is 3.19. The van der Waals surface area contributed by atoms with Gasteiger partial charge in [0.15, 0.2) is 0 Å². The second-order valence-corrected chi connectivity index (χ2v) is 6.83. The Balaban J connectivity index is 1.71. The lowest BCUT2D eigenvalue weighted by molar-refractivity contribution is -0.253. The van der Waals surface area contributed by atoms with E-state index in [0.717, 1.165) is 11.0 Å². The number of alkyl halides is 3. The van der Waals surface area contributed by atoms with Crippen LogP contribution in [0.1, 0.15) is 11.1 Å². The minimum Gasteiger partial charge on any atom is -0.368 e. The standard InChI is InChI=1S/C20H15F4N3O2/c1-26-10-14(9-25-26)12-6-7-13(16(21)8-12)11-27-17-5-3-2-4-15(17)19(29,18(27)28)20(22,23)24/h2-10,29H,11H2,1H3/t19-/m0/s1. The number of aryl methyl sites for hydroxylation is 1. The first kappa shape index (κ1) is 19.1. The van der Waals surface area contributed by atoms with E-state index in [0.29, 0.717) is 11.1 Å². The van der Waals surface area contributed by atoms with E-state index in [2.05, 4.69) is 5.10 Å². The van der Waals surface area contributed by atoms with Crippen molar-refractivity contribution in [3.05, 3.63) is 71.8 Å². The Bertz CT molecular complexity index is 1110. The monoisotopic (exact) mass is 405 g/mol. The van der Waals surface area contributed by atoms with Crippen LogP contribution in [0.3, 0.4) is 0 Å². The van der Waals surface area contributed by atoms with Crippen molar-refractivity contribution >= 4 is 11.6 Å². The highest BCUT2D eigenvalue weighted by atomic mass is 19.4. The third-order valence-electron chi connectivity index (χ3n) is 4.97. The van der Waals surface area contributed by atoms with Crippen molar-refractivity contribution in [1.29, 1.82) is 0 Å². The van der Waals surface area contributed by atoms with Gasteiger partial charge in [-0.2, -0.15) is 18.3 Å². The molecule has 2 heterocycles. The van der Waals surface area contributed by atoms with Crippen molar-refractivity contribution < 1.29 is 27.5 Å². The molecule has 5 nitrogen and oxygen atoms in total. The van der Waals surface area contributed by atoms with Crippen LogP contribution in [0, 0.1) is 5.82 Å². The number of carbonyl (C=O) groups is 1. The van der Waals surface area contributed by atoms with Gasteiger partial charge in [-0.05, 0) is 17.7 Å². The van der Waals surface area contributed by atoms with Gasteiger partial charge in [0.2, 0.25) is 0 Å². The molecule has 1 aromatic heterocycles. The summed E-state index contributed by atoms with van der Waals surface area (Å²) in [5.41, 5.74) is -3.09. The zero-order valence-corrected chi connectivity index (χ0v) is 15.1. The number of benzene rings is 2. The molecule has 4 rings (SSSR count). The maximum absolute atomic E-state index is 14.7. The highest BCUT2D eigenvalue weighted by molar-refractivity contribution is 6.07. The molecular formula is C20H15F4N3O2. The number of aliphatic hydroxyl groups is 1. The molecule has 2 aromatic carbocycles. The Morgan fingerprint density at radius 2 is 1.86 bits per heavy atom. The molecule has 0 unspecified atom stereocenters. The van der Waals surface area contributed by atoms with Gasteiger partial charge in [0, 0.05) is 29.9 Å². The molecule has 1 aliphatic heterocycles. The molecule has 0 bridgehead atoms. The first-order valence-electron chi connectivity index (χ1n) is 8.61. The van der Waals surface area contributed by atoms with Crippen LogP contribution in [0.2, 0.25) is 0 Å². The molecule has 0 saturated carbocycles. The number of carbonyl (C=O) groups excluding carboxylic acids is 1. The predicted octanol–water partition coefficient (Wildman–Crippen LogP) is 3.52. The summed E-state index contributed by atoms with van der Waals surface area (Å²) in [6, 6.07) is 9.31. The Labute approximate surface area is 162 Å². The fraction of sp³-hybridized carbons (Fsp3) is 0.200. The third kappa shape index (κ3) is 2.89. The van der Waals surface area contributed by atoms with Crippen molar-refractivity contribution in [2.45, 2.75) is 18.3 Å². The normalized spacial score (nSPS) is 19.0. The van der Waals surface area contributed by atoms with Gasteiger partial charge >= 0.3 is 6.18 Å². The van der Waals surface area contributed by atoms with Crippen LogP contribution in [-0.4, -0.2) is 27.0 Å². The summed E-state index contributed by atoms with van der Waals surface area (Å²) in [6.07, 6.45) is -1.96. The summed E-state index contributed by atoms with van der Waals surface area (Å²) in [5, 5.41) is 14.3. The quantitative estimate of drug-likeness (QED) is 0.679. The second kappa shape index (κ2) is 6.41. The largest absolute Gasteiger partial charge is 0.430 e. The molecule has 1 atom stereocenters. The van der Waals surface area contributed by atoms with Crippen LogP contribution in [0.25, 0.3) is 11.1 Å². The SMILES string of the molecule is Cn1cc(-c2ccc(CN3C(=O)[C@](O)(C(F)(F)F)c4ccccc43)c(F)c2)cn1. The topological polar surface area (TPSA) is 58.4 Å². The molecule has 29 heavy (non-hydrogen) atoms. The number of amides is 1. The van der Waals surface area contributed by atoms with Gasteiger partial charge in [-0.1, -0.05) is 30.3 Å². The molecule has 1 aliphatic rings. The summed E-state index contributed by atoms with van der Waals surface area (Å²) in [5.74, 6) is -2.24. The number of hydrogen-bond donors (Lipinski definition) is 1. The number of para-hydroxylation sites is 1. The minimum absolute atomic E-state index is 0.0206. The second-order valence-electron chi connectivity index (χ2n) is 6.83. The molecule has 1 N–H and O–H groups in total. The number of hydrogen-bond acceptors (Lipinski definition) is 3. The fourth-order valence-electron chi connectivity index (χ4n) is 3.46. The first-order chi connectivity index (χ1) is 13.6. The molecule has 0 fully saturated rings. The number of nitrogens with zero attached hydrogens (tertiary/aromatic N) is 3. The number of anilines is 1. The smallest absolute Gasteiger partial charge is 0.368 e. The average molecular weight is 405 g/mol. The van der Waals surface area contributed by atoms with E-state index in [9.17, 15) is 27.5 Å². The molecule has 1 amide bonds. The van der Waals surface area contributed by atoms with Crippen molar-refractivity contribution in [2.75, 3.05) is 4.90 Å². The number of halogens is 4. The summed E-state index contributed by atoms with van der Waals surface area (Å²) in [6.45, 7) is -0.451. The lowest BCUT2D eigenvalue weighted by Gasteiger charge is -2.25. The van der Waals surface area contributed by atoms with Gasteiger partial charge < -0.3 is 10.0 Å². The molecule has 9 heteroatoms. The number of rotatable bonds is 3. The zero-order valence-electron chi connectivity index (χ0n) is 15.1.